The minimum absolute atomic E-state index is 0.0172. The van der Waals surface area contributed by atoms with E-state index in [4.69, 9.17) is 5.11 Å². The maximum absolute atomic E-state index is 12.6. The van der Waals surface area contributed by atoms with Crippen LogP contribution in [0.4, 0.5) is 0 Å². The maximum Gasteiger partial charge on any atom is 0.262 e. The summed E-state index contributed by atoms with van der Waals surface area (Å²) >= 11 is 1.67. The fourth-order valence-corrected chi connectivity index (χ4v) is 4.31. The van der Waals surface area contributed by atoms with Crippen molar-refractivity contribution in [3.8, 4) is 0 Å². The molecule has 1 aliphatic rings. The molecule has 2 aromatic rings. The fraction of sp³-hybridized carbons (Fsp3) is 0.571. The number of rotatable bonds is 2. The van der Waals surface area contributed by atoms with Gasteiger partial charge in [-0.15, -0.1) is 11.3 Å². The number of hydrogen-bond acceptors (Lipinski definition) is 4. The number of thiophene rings is 1. The van der Waals surface area contributed by atoms with Crippen molar-refractivity contribution in [2.75, 3.05) is 6.61 Å². The van der Waals surface area contributed by atoms with Crippen molar-refractivity contribution < 1.29 is 5.11 Å². The summed E-state index contributed by atoms with van der Waals surface area (Å²) in [7, 11) is 0. The lowest BCUT2D eigenvalue weighted by molar-refractivity contribution is 0.272. The van der Waals surface area contributed by atoms with E-state index in [1.165, 1.54) is 10.4 Å². The number of aliphatic hydroxyl groups excluding tert-OH is 1. The zero-order valence-corrected chi connectivity index (χ0v) is 12.1. The molecule has 0 saturated carbocycles. The number of aromatic nitrogens is 2. The van der Waals surface area contributed by atoms with E-state index in [1.54, 1.807) is 15.9 Å². The van der Waals surface area contributed by atoms with Gasteiger partial charge in [-0.3, -0.25) is 9.36 Å². The van der Waals surface area contributed by atoms with Crippen LogP contribution in [0.3, 0.4) is 0 Å². The number of nitrogens with zero attached hydrogens (tertiary/aromatic N) is 2. The van der Waals surface area contributed by atoms with Gasteiger partial charge in [-0.05, 0) is 37.7 Å². The normalized spacial score (nSPS) is 18.8. The third-order valence-electron chi connectivity index (χ3n) is 3.93. The molecule has 0 fully saturated rings. The predicted octanol–water partition coefficient (Wildman–Crippen LogP) is 1.88. The first-order chi connectivity index (χ1) is 9.11. The Morgan fingerprint density at radius 2 is 2.32 bits per heavy atom. The summed E-state index contributed by atoms with van der Waals surface area (Å²) in [5.74, 6) is 1.39. The van der Waals surface area contributed by atoms with E-state index in [0.29, 0.717) is 18.3 Å². The van der Waals surface area contributed by atoms with Crippen molar-refractivity contribution in [3.05, 3.63) is 26.6 Å². The zero-order chi connectivity index (χ0) is 13.6. The molecular formula is C14H18N2O2S. The predicted molar refractivity (Wildman–Crippen MR) is 76.9 cm³/mol. The van der Waals surface area contributed by atoms with Gasteiger partial charge in [0, 0.05) is 4.88 Å². The molecule has 0 saturated heterocycles. The Bertz CT molecular complexity index is 687. The second kappa shape index (κ2) is 4.72. The van der Waals surface area contributed by atoms with Crippen LogP contribution in [0.2, 0.25) is 0 Å². The molecule has 1 unspecified atom stereocenters. The lowest BCUT2D eigenvalue weighted by atomic mass is 9.89. The third-order valence-corrected chi connectivity index (χ3v) is 5.08. The average Bonchev–Trinajstić information content (AvgIpc) is 2.71. The van der Waals surface area contributed by atoms with Gasteiger partial charge in [-0.2, -0.15) is 0 Å². The van der Waals surface area contributed by atoms with Crippen LogP contribution in [-0.4, -0.2) is 21.3 Å². The van der Waals surface area contributed by atoms with Gasteiger partial charge < -0.3 is 5.11 Å². The summed E-state index contributed by atoms with van der Waals surface area (Å²) in [6.07, 6.45) is 3.19. The Hall–Kier alpha value is -1.20. The van der Waals surface area contributed by atoms with Crippen molar-refractivity contribution in [1.29, 1.82) is 0 Å². The molecule has 0 radical (unpaired) electrons. The van der Waals surface area contributed by atoms with Crippen LogP contribution in [0, 0.1) is 12.8 Å². The second-order valence-corrected chi connectivity index (χ2v) is 6.45. The zero-order valence-electron chi connectivity index (χ0n) is 11.3. The molecule has 1 N–H and O–H groups in total. The van der Waals surface area contributed by atoms with Crippen molar-refractivity contribution in [1.82, 2.24) is 9.55 Å². The van der Waals surface area contributed by atoms with Crippen LogP contribution in [0.25, 0.3) is 10.2 Å². The van der Waals surface area contributed by atoms with Gasteiger partial charge in [0.2, 0.25) is 0 Å². The maximum atomic E-state index is 12.6. The van der Waals surface area contributed by atoms with Gasteiger partial charge >= 0.3 is 0 Å². The van der Waals surface area contributed by atoms with E-state index in [-0.39, 0.29) is 12.2 Å². The van der Waals surface area contributed by atoms with Gasteiger partial charge in [0.1, 0.15) is 10.7 Å². The SMILES string of the molecule is Cc1nc2sc3c(c2c(=O)n1CCO)CCC(C)C3. The molecule has 0 bridgehead atoms. The van der Waals surface area contributed by atoms with Crippen LogP contribution in [0.15, 0.2) is 4.79 Å². The van der Waals surface area contributed by atoms with Crippen molar-refractivity contribution >= 4 is 21.6 Å². The number of aryl methyl sites for hydroxylation is 2. The first-order valence-electron chi connectivity index (χ1n) is 6.74. The summed E-state index contributed by atoms with van der Waals surface area (Å²) in [5.41, 5.74) is 1.23. The van der Waals surface area contributed by atoms with Crippen molar-refractivity contribution in [2.24, 2.45) is 5.92 Å². The van der Waals surface area contributed by atoms with Gasteiger partial charge in [-0.1, -0.05) is 6.92 Å². The fourth-order valence-electron chi connectivity index (χ4n) is 2.89. The van der Waals surface area contributed by atoms with Crippen molar-refractivity contribution in [3.63, 3.8) is 0 Å². The van der Waals surface area contributed by atoms with Crippen molar-refractivity contribution in [2.45, 2.75) is 39.7 Å². The molecule has 102 valence electrons. The number of aliphatic hydroxyl groups is 1. The third kappa shape index (κ3) is 2.01. The molecule has 2 aromatic heterocycles. The topological polar surface area (TPSA) is 55.1 Å². The first-order valence-corrected chi connectivity index (χ1v) is 7.56. The molecule has 0 spiro atoms. The Morgan fingerprint density at radius 1 is 1.53 bits per heavy atom. The van der Waals surface area contributed by atoms with Crippen LogP contribution >= 0.6 is 11.3 Å². The molecule has 19 heavy (non-hydrogen) atoms. The molecule has 0 amide bonds. The molecule has 3 rings (SSSR count). The minimum Gasteiger partial charge on any atom is -0.395 e. The summed E-state index contributed by atoms with van der Waals surface area (Å²) in [4.78, 5) is 19.3. The Labute approximate surface area is 115 Å². The standard InChI is InChI=1S/C14H18N2O2S/c1-8-3-4-10-11(7-8)19-13-12(10)14(18)16(5-6-17)9(2)15-13/h8,17H,3-7H2,1-2H3. The Balaban J connectivity index is 2.27. The monoisotopic (exact) mass is 278 g/mol. The Kier molecular flexibility index (Phi) is 3.19. The van der Waals surface area contributed by atoms with Crippen LogP contribution < -0.4 is 5.56 Å². The largest absolute Gasteiger partial charge is 0.395 e. The summed E-state index contributed by atoms with van der Waals surface area (Å²) in [5, 5.41) is 9.88. The van der Waals surface area contributed by atoms with E-state index < -0.39 is 0 Å². The molecule has 0 aliphatic heterocycles. The summed E-state index contributed by atoms with van der Waals surface area (Å²) in [6.45, 7) is 4.39. The van der Waals surface area contributed by atoms with E-state index in [9.17, 15) is 4.79 Å². The van der Waals surface area contributed by atoms with Crippen LogP contribution in [0.1, 0.15) is 29.6 Å². The van der Waals surface area contributed by atoms with E-state index in [0.717, 1.165) is 29.5 Å². The molecule has 0 aromatic carbocycles. The summed E-state index contributed by atoms with van der Waals surface area (Å²) < 4.78 is 1.59. The highest BCUT2D eigenvalue weighted by molar-refractivity contribution is 7.18. The molecule has 1 aliphatic carbocycles. The number of hydrogen-bond donors (Lipinski definition) is 1. The molecule has 2 heterocycles. The molecule has 1 atom stereocenters. The molecular weight excluding hydrogens is 260 g/mol. The highest BCUT2D eigenvalue weighted by atomic mass is 32.1. The van der Waals surface area contributed by atoms with E-state index in [1.807, 2.05) is 6.92 Å². The van der Waals surface area contributed by atoms with Gasteiger partial charge in [0.05, 0.1) is 18.5 Å². The first kappa shape index (κ1) is 12.8. The molecule has 4 nitrogen and oxygen atoms in total. The summed E-state index contributed by atoms with van der Waals surface area (Å²) in [6, 6.07) is 0. The van der Waals surface area contributed by atoms with Crippen LogP contribution in [0.5, 0.6) is 0 Å². The second-order valence-electron chi connectivity index (χ2n) is 5.37. The highest BCUT2D eigenvalue weighted by Crippen LogP contribution is 2.35. The van der Waals surface area contributed by atoms with E-state index in [2.05, 4.69) is 11.9 Å². The van der Waals surface area contributed by atoms with Gasteiger partial charge in [0.25, 0.3) is 5.56 Å². The Morgan fingerprint density at radius 3 is 3.05 bits per heavy atom. The smallest absolute Gasteiger partial charge is 0.262 e. The minimum atomic E-state index is -0.0305. The van der Waals surface area contributed by atoms with Crippen LogP contribution in [-0.2, 0) is 19.4 Å². The number of fused-ring (bicyclic) bond motifs is 3. The lowest BCUT2D eigenvalue weighted by Crippen LogP contribution is -2.25. The molecule has 5 heteroatoms. The quantitative estimate of drug-likeness (QED) is 0.912. The lowest BCUT2D eigenvalue weighted by Gasteiger charge is -2.17. The average molecular weight is 278 g/mol. The highest BCUT2D eigenvalue weighted by Gasteiger charge is 2.23. The van der Waals surface area contributed by atoms with Gasteiger partial charge in [0.15, 0.2) is 0 Å². The van der Waals surface area contributed by atoms with E-state index >= 15 is 0 Å². The van der Waals surface area contributed by atoms with Gasteiger partial charge in [-0.25, -0.2) is 4.98 Å².